The molecule has 15 heavy (non-hydrogen) atoms. The lowest BCUT2D eigenvalue weighted by atomic mass is 10.2. The van der Waals surface area contributed by atoms with Crippen LogP contribution in [0.2, 0.25) is 0 Å². The lowest BCUT2D eigenvalue weighted by Gasteiger charge is -2.21. The van der Waals surface area contributed by atoms with Crippen LogP contribution >= 0.6 is 0 Å². The van der Waals surface area contributed by atoms with Crippen LogP contribution in [0.5, 0.6) is 0 Å². The zero-order chi connectivity index (χ0) is 11.4. The maximum Gasteiger partial charge on any atom is 0.407 e. The van der Waals surface area contributed by atoms with E-state index >= 15 is 0 Å². The fraction of sp³-hybridized carbons (Fsp3) is 0.778. The summed E-state index contributed by atoms with van der Waals surface area (Å²) in [5, 5.41) is 7.92. The summed E-state index contributed by atoms with van der Waals surface area (Å²) in [6.07, 6.45) is -0.00885. The normalized spacial score (nSPS) is 12.3. The molecule has 1 amide bonds. The van der Waals surface area contributed by atoms with Crippen LogP contribution in [-0.4, -0.2) is 23.6 Å². The Balaban J connectivity index is 0. The Morgan fingerprint density at radius 2 is 2.00 bits per heavy atom. The fourth-order valence-corrected chi connectivity index (χ4v) is 0.913. The number of halogens is 1. The number of amides is 1. The minimum Gasteiger partial charge on any atom is -1.00 e. The highest BCUT2D eigenvalue weighted by molar-refractivity contribution is 5.75. The van der Waals surface area contributed by atoms with Crippen molar-refractivity contribution in [1.82, 2.24) is 5.32 Å². The standard InChI is InChI=1S/C9H19N3O2.ClH/c1-6(5-7(10)11)12-8(13)14-9(2,3)4;/h6H,5H2,1-4H3,(H3,10,11)(H,12,13);1H. The molecule has 0 saturated heterocycles. The average molecular weight is 238 g/mol. The van der Waals surface area contributed by atoms with Crippen LogP contribution in [0.1, 0.15) is 34.1 Å². The van der Waals surface area contributed by atoms with E-state index in [4.69, 9.17) is 15.9 Å². The average Bonchev–Trinajstić information content (AvgIpc) is 1.77. The summed E-state index contributed by atoms with van der Waals surface area (Å²) in [7, 11) is 0. The lowest BCUT2D eigenvalue weighted by Crippen LogP contribution is -3.00. The summed E-state index contributed by atoms with van der Waals surface area (Å²) in [4.78, 5) is 11.2. The number of alkyl carbamates (subject to hydrolysis) is 1. The SMILES string of the molecule is CC(CC(N)=[NH2+])NC(=O)OC(C)(C)C.[Cl-]. The molecule has 0 aliphatic carbocycles. The molecule has 0 heterocycles. The number of amidine groups is 1. The number of nitrogens with one attached hydrogen (secondary N) is 1. The number of rotatable bonds is 3. The maximum atomic E-state index is 11.2. The zero-order valence-corrected chi connectivity index (χ0v) is 10.4. The number of hydrogen-bond donors (Lipinski definition) is 3. The van der Waals surface area contributed by atoms with Crippen molar-refractivity contribution in [2.75, 3.05) is 0 Å². The smallest absolute Gasteiger partial charge is 0.407 e. The predicted molar refractivity (Wildman–Crippen MR) is 54.6 cm³/mol. The molecule has 1 atom stereocenters. The van der Waals surface area contributed by atoms with Gasteiger partial charge in [-0.1, -0.05) is 0 Å². The van der Waals surface area contributed by atoms with Gasteiger partial charge >= 0.3 is 6.09 Å². The molecule has 0 radical (unpaired) electrons. The number of carbonyl (C=O) groups is 1. The topological polar surface area (TPSA) is 89.9 Å². The molecular weight excluding hydrogens is 218 g/mol. The highest BCUT2D eigenvalue weighted by atomic mass is 35.5. The molecule has 0 aromatic heterocycles. The predicted octanol–water partition coefficient (Wildman–Crippen LogP) is -3.59. The van der Waals surface area contributed by atoms with Crippen LogP contribution in [0, 0.1) is 0 Å². The first-order valence-corrected chi connectivity index (χ1v) is 4.57. The van der Waals surface area contributed by atoms with E-state index in [1.807, 2.05) is 6.92 Å². The Kier molecular flexibility index (Phi) is 7.13. The van der Waals surface area contributed by atoms with E-state index in [1.165, 1.54) is 0 Å². The summed E-state index contributed by atoms with van der Waals surface area (Å²) < 4.78 is 5.05. The summed E-state index contributed by atoms with van der Waals surface area (Å²) in [5.74, 6) is 0.300. The second-order valence-electron chi connectivity index (χ2n) is 4.33. The third kappa shape index (κ3) is 11.0. The Hall–Kier alpha value is -0.970. The number of carbonyl (C=O) groups excluding carboxylic acids is 1. The van der Waals surface area contributed by atoms with Crippen molar-refractivity contribution in [3.05, 3.63) is 0 Å². The molecule has 0 saturated carbocycles. The third-order valence-corrected chi connectivity index (χ3v) is 1.31. The van der Waals surface area contributed by atoms with Crippen LogP contribution in [0.3, 0.4) is 0 Å². The molecular formula is C9H20ClN3O2. The molecule has 0 aliphatic heterocycles. The summed E-state index contributed by atoms with van der Waals surface area (Å²) in [6.45, 7) is 7.23. The van der Waals surface area contributed by atoms with E-state index in [1.54, 1.807) is 20.8 Å². The molecule has 1 unspecified atom stereocenters. The second kappa shape index (κ2) is 6.50. The third-order valence-electron chi connectivity index (χ3n) is 1.31. The Bertz CT molecular complexity index is 226. The van der Waals surface area contributed by atoms with Crippen LogP contribution in [0.4, 0.5) is 4.79 Å². The molecule has 0 aromatic carbocycles. The Labute approximate surface area is 96.7 Å². The van der Waals surface area contributed by atoms with Crippen molar-refractivity contribution >= 4 is 11.9 Å². The lowest BCUT2D eigenvalue weighted by molar-refractivity contribution is -0.118. The van der Waals surface area contributed by atoms with Gasteiger partial charge in [0.15, 0.2) is 0 Å². The quantitative estimate of drug-likeness (QED) is 0.350. The van der Waals surface area contributed by atoms with Crippen LogP contribution < -0.4 is 28.9 Å². The van der Waals surface area contributed by atoms with Gasteiger partial charge in [-0.05, 0) is 27.7 Å². The van der Waals surface area contributed by atoms with Gasteiger partial charge in [-0.15, -0.1) is 0 Å². The van der Waals surface area contributed by atoms with E-state index in [9.17, 15) is 4.79 Å². The van der Waals surface area contributed by atoms with Crippen molar-refractivity contribution in [3.63, 3.8) is 0 Å². The highest BCUT2D eigenvalue weighted by Crippen LogP contribution is 2.06. The molecule has 90 valence electrons. The van der Waals surface area contributed by atoms with Crippen molar-refractivity contribution in [1.29, 1.82) is 0 Å². The first-order valence-electron chi connectivity index (χ1n) is 4.57. The van der Waals surface area contributed by atoms with Crippen LogP contribution in [-0.2, 0) is 4.74 Å². The molecule has 0 spiro atoms. The highest BCUT2D eigenvalue weighted by Gasteiger charge is 2.18. The van der Waals surface area contributed by atoms with Gasteiger partial charge in [0.2, 0.25) is 5.84 Å². The van der Waals surface area contributed by atoms with Crippen LogP contribution in [0.25, 0.3) is 0 Å². The minimum atomic E-state index is -0.484. The van der Waals surface area contributed by atoms with Crippen LogP contribution in [0.15, 0.2) is 0 Å². The van der Waals surface area contributed by atoms with Gasteiger partial charge in [0.1, 0.15) is 5.60 Å². The van der Waals surface area contributed by atoms with E-state index in [0.29, 0.717) is 12.3 Å². The van der Waals surface area contributed by atoms with E-state index in [-0.39, 0.29) is 18.4 Å². The molecule has 0 aromatic rings. The number of nitrogens with two attached hydrogens (primary N) is 2. The van der Waals surface area contributed by atoms with Gasteiger partial charge in [0.25, 0.3) is 0 Å². The van der Waals surface area contributed by atoms with Gasteiger partial charge in [0.05, 0.1) is 6.42 Å². The maximum absolute atomic E-state index is 11.2. The largest absolute Gasteiger partial charge is 1.00 e. The van der Waals surface area contributed by atoms with Crippen molar-refractivity contribution in [3.8, 4) is 0 Å². The van der Waals surface area contributed by atoms with Crippen molar-refractivity contribution < 1.29 is 27.3 Å². The molecule has 0 bridgehead atoms. The fourth-order valence-electron chi connectivity index (χ4n) is 0.913. The number of hydrogen-bond acceptors (Lipinski definition) is 2. The first kappa shape index (κ1) is 16.5. The Morgan fingerprint density at radius 1 is 1.53 bits per heavy atom. The van der Waals surface area contributed by atoms with Crippen molar-refractivity contribution in [2.45, 2.75) is 45.8 Å². The van der Waals surface area contributed by atoms with E-state index in [0.717, 1.165) is 0 Å². The van der Waals surface area contributed by atoms with E-state index in [2.05, 4.69) is 5.32 Å². The second-order valence-corrected chi connectivity index (χ2v) is 4.33. The number of ether oxygens (including phenoxy) is 1. The molecule has 0 fully saturated rings. The van der Waals surface area contributed by atoms with Gasteiger partial charge < -0.3 is 22.5 Å². The molecule has 6 heteroatoms. The molecule has 5 nitrogen and oxygen atoms in total. The first-order chi connectivity index (χ1) is 6.20. The van der Waals surface area contributed by atoms with E-state index < -0.39 is 11.7 Å². The Morgan fingerprint density at radius 3 is 2.33 bits per heavy atom. The minimum absolute atomic E-state index is 0. The zero-order valence-electron chi connectivity index (χ0n) is 9.63. The van der Waals surface area contributed by atoms with Gasteiger partial charge in [-0.2, -0.15) is 0 Å². The molecule has 0 aliphatic rings. The van der Waals surface area contributed by atoms with Crippen molar-refractivity contribution in [2.24, 2.45) is 5.73 Å². The summed E-state index contributed by atoms with van der Waals surface area (Å²) in [5.41, 5.74) is 4.81. The molecule has 5 N–H and O–H groups in total. The van der Waals surface area contributed by atoms with Gasteiger partial charge in [0, 0.05) is 6.04 Å². The summed E-state index contributed by atoms with van der Waals surface area (Å²) in [6, 6.07) is -0.116. The molecule has 0 rings (SSSR count). The van der Waals surface area contributed by atoms with Gasteiger partial charge in [-0.25, -0.2) is 4.79 Å². The summed E-state index contributed by atoms with van der Waals surface area (Å²) >= 11 is 0. The van der Waals surface area contributed by atoms with Gasteiger partial charge in [-0.3, -0.25) is 11.1 Å². The monoisotopic (exact) mass is 237 g/mol.